The number of fused-ring (bicyclic) bond motifs is 1. The summed E-state index contributed by atoms with van der Waals surface area (Å²) in [5, 5.41) is 10.1. The lowest BCUT2D eigenvalue weighted by Crippen LogP contribution is -2.29. The number of rotatable bonds is 5. The monoisotopic (exact) mass is 435 g/mol. The van der Waals surface area contributed by atoms with Crippen molar-refractivity contribution in [3.05, 3.63) is 70.5 Å². The zero-order chi connectivity index (χ0) is 20.5. The van der Waals surface area contributed by atoms with Crippen LogP contribution in [-0.4, -0.2) is 31.0 Å². The van der Waals surface area contributed by atoms with Gasteiger partial charge in [-0.2, -0.15) is 5.10 Å². The zero-order valence-electron chi connectivity index (χ0n) is 15.8. The number of hydrogen-bond donors (Lipinski definition) is 1. The summed E-state index contributed by atoms with van der Waals surface area (Å²) in [5.41, 5.74) is 2.94. The van der Waals surface area contributed by atoms with Gasteiger partial charge in [0.1, 0.15) is 12.2 Å². The largest absolute Gasteiger partial charge is 0.325 e. The van der Waals surface area contributed by atoms with Gasteiger partial charge in [0.25, 0.3) is 5.56 Å². The Morgan fingerprint density at radius 2 is 1.97 bits per heavy atom. The van der Waals surface area contributed by atoms with Gasteiger partial charge in [0.15, 0.2) is 5.16 Å². The van der Waals surface area contributed by atoms with Crippen molar-refractivity contribution in [2.45, 2.75) is 18.2 Å². The van der Waals surface area contributed by atoms with Crippen molar-refractivity contribution in [3.8, 4) is 21.8 Å². The van der Waals surface area contributed by atoms with E-state index in [9.17, 15) is 9.59 Å². The average molecular weight is 436 g/mol. The summed E-state index contributed by atoms with van der Waals surface area (Å²) in [6.07, 6.45) is 2.06. The number of thioether (sulfide) groups is 1. The van der Waals surface area contributed by atoms with Crippen LogP contribution in [0.1, 0.15) is 0 Å². The van der Waals surface area contributed by atoms with Crippen molar-refractivity contribution in [1.82, 2.24) is 19.3 Å². The molecule has 4 heterocycles. The van der Waals surface area contributed by atoms with E-state index in [2.05, 4.69) is 26.2 Å². The number of imidazole rings is 1. The molecule has 1 aliphatic heterocycles. The first-order chi connectivity index (χ1) is 14.7. The Bertz CT molecular complexity index is 1240. The molecule has 0 unspecified atom stereocenters. The zero-order valence-corrected chi connectivity index (χ0v) is 17.4. The maximum Gasteiger partial charge on any atom is 0.267 e. The molecule has 0 saturated carbocycles. The van der Waals surface area contributed by atoms with Gasteiger partial charge in [-0.25, -0.2) is 9.67 Å². The fraction of sp³-hybridized carbons (Fsp3) is 0.143. The highest BCUT2D eigenvalue weighted by atomic mass is 32.2. The minimum atomic E-state index is -0.313. The molecular formula is C21H17N5O2S2. The lowest BCUT2D eigenvalue weighted by Gasteiger charge is -2.08. The Morgan fingerprint density at radius 1 is 1.10 bits per heavy atom. The Balaban J connectivity index is 1.27. The summed E-state index contributed by atoms with van der Waals surface area (Å²) in [6.45, 7) is 0.840. The quantitative estimate of drug-likeness (QED) is 0.518. The predicted molar refractivity (Wildman–Crippen MR) is 119 cm³/mol. The maximum atomic E-state index is 12.5. The summed E-state index contributed by atoms with van der Waals surface area (Å²) < 4.78 is 3.34. The molecule has 7 nitrogen and oxygen atoms in total. The van der Waals surface area contributed by atoms with Crippen LogP contribution >= 0.6 is 23.1 Å². The van der Waals surface area contributed by atoms with E-state index in [1.54, 1.807) is 17.8 Å². The highest BCUT2D eigenvalue weighted by Gasteiger charge is 2.15. The molecule has 3 aromatic heterocycles. The molecule has 1 amide bonds. The summed E-state index contributed by atoms with van der Waals surface area (Å²) in [7, 11) is 0. The Morgan fingerprint density at radius 3 is 2.73 bits per heavy atom. The van der Waals surface area contributed by atoms with Gasteiger partial charge in [-0.3, -0.25) is 9.59 Å². The van der Waals surface area contributed by atoms with Gasteiger partial charge in [0.05, 0.1) is 10.6 Å². The van der Waals surface area contributed by atoms with Gasteiger partial charge >= 0.3 is 0 Å². The molecule has 1 aliphatic rings. The average Bonchev–Trinajstić information content (AvgIpc) is 3.48. The molecule has 0 spiro atoms. The van der Waals surface area contributed by atoms with E-state index in [0.717, 1.165) is 33.6 Å². The molecule has 0 radical (unpaired) electrons. The normalized spacial score (nSPS) is 12.7. The van der Waals surface area contributed by atoms with Crippen molar-refractivity contribution in [3.63, 3.8) is 0 Å². The summed E-state index contributed by atoms with van der Waals surface area (Å²) in [4.78, 5) is 30.1. The van der Waals surface area contributed by atoms with Crippen molar-refractivity contribution in [2.24, 2.45) is 0 Å². The first kappa shape index (κ1) is 18.8. The van der Waals surface area contributed by atoms with E-state index in [1.807, 2.05) is 41.8 Å². The first-order valence-electron chi connectivity index (χ1n) is 9.38. The number of nitrogens with zero attached hydrogens (tertiary/aromatic N) is 4. The van der Waals surface area contributed by atoms with Crippen molar-refractivity contribution >= 4 is 34.7 Å². The molecular weight excluding hydrogens is 418 g/mol. The van der Waals surface area contributed by atoms with E-state index in [1.165, 1.54) is 22.1 Å². The SMILES string of the molecule is O=C(Cn1nc(-c2cccs2)ccc1=O)Nc1ccc(-c2cn3c(n2)SCC3)cc1. The van der Waals surface area contributed by atoms with Crippen LogP contribution in [0.2, 0.25) is 0 Å². The number of hydrogen-bond acceptors (Lipinski definition) is 6. The van der Waals surface area contributed by atoms with Crippen molar-refractivity contribution in [1.29, 1.82) is 0 Å². The fourth-order valence-corrected chi connectivity index (χ4v) is 4.86. The summed E-state index contributed by atoms with van der Waals surface area (Å²) in [6, 6.07) is 14.5. The van der Waals surface area contributed by atoms with E-state index < -0.39 is 0 Å². The van der Waals surface area contributed by atoms with E-state index >= 15 is 0 Å². The maximum absolute atomic E-state index is 12.5. The Hall–Kier alpha value is -3.17. The molecule has 1 aromatic carbocycles. The third-order valence-corrected chi connectivity index (χ3v) is 6.56. The third-order valence-electron chi connectivity index (χ3n) is 4.70. The third kappa shape index (κ3) is 3.81. The number of nitrogens with one attached hydrogen (secondary N) is 1. The molecule has 9 heteroatoms. The summed E-state index contributed by atoms with van der Waals surface area (Å²) >= 11 is 3.29. The van der Waals surface area contributed by atoms with Crippen molar-refractivity contribution < 1.29 is 4.79 Å². The smallest absolute Gasteiger partial charge is 0.267 e. The lowest BCUT2D eigenvalue weighted by atomic mass is 10.1. The van der Waals surface area contributed by atoms with E-state index in [0.29, 0.717) is 11.4 Å². The Labute approximate surface area is 180 Å². The standard InChI is InChI=1S/C21H17N5O2S2/c27-19(13-26-20(28)8-7-16(24-26)18-2-1-10-29-18)22-15-5-3-14(4-6-15)17-12-25-9-11-30-21(25)23-17/h1-8,10,12H,9,11,13H2,(H,22,27). The van der Waals surface area contributed by atoms with Crippen LogP contribution in [0.5, 0.6) is 0 Å². The molecule has 0 aliphatic carbocycles. The minimum Gasteiger partial charge on any atom is -0.325 e. The van der Waals surface area contributed by atoms with Gasteiger partial charge in [0.2, 0.25) is 5.91 Å². The second-order valence-corrected chi connectivity index (χ2v) is 8.78. The van der Waals surface area contributed by atoms with Crippen LogP contribution in [0.25, 0.3) is 21.8 Å². The molecule has 30 heavy (non-hydrogen) atoms. The number of amides is 1. The van der Waals surface area contributed by atoms with Crippen LogP contribution < -0.4 is 10.9 Å². The van der Waals surface area contributed by atoms with Gasteiger partial charge in [-0.05, 0) is 29.6 Å². The highest BCUT2D eigenvalue weighted by molar-refractivity contribution is 7.99. The topological polar surface area (TPSA) is 81.8 Å². The van der Waals surface area contributed by atoms with Crippen LogP contribution in [0, 0.1) is 0 Å². The number of anilines is 1. The molecule has 1 N–H and O–H groups in total. The lowest BCUT2D eigenvalue weighted by molar-refractivity contribution is -0.117. The number of aryl methyl sites for hydroxylation is 1. The van der Waals surface area contributed by atoms with Gasteiger partial charge in [-0.1, -0.05) is 30.0 Å². The van der Waals surface area contributed by atoms with Gasteiger partial charge < -0.3 is 9.88 Å². The summed E-state index contributed by atoms with van der Waals surface area (Å²) in [5.74, 6) is 0.764. The van der Waals surface area contributed by atoms with Gasteiger partial charge in [0, 0.05) is 35.8 Å². The predicted octanol–water partition coefficient (Wildman–Crippen LogP) is 3.58. The highest BCUT2D eigenvalue weighted by Crippen LogP contribution is 2.29. The van der Waals surface area contributed by atoms with Gasteiger partial charge in [-0.15, -0.1) is 11.3 Å². The Kier molecular flexibility index (Phi) is 4.97. The number of thiophene rings is 1. The van der Waals surface area contributed by atoms with Crippen molar-refractivity contribution in [2.75, 3.05) is 11.1 Å². The van der Waals surface area contributed by atoms with E-state index in [4.69, 9.17) is 0 Å². The number of carbonyl (C=O) groups is 1. The molecule has 0 atom stereocenters. The van der Waals surface area contributed by atoms with Crippen LogP contribution in [0.4, 0.5) is 5.69 Å². The molecule has 0 fully saturated rings. The fourth-order valence-electron chi connectivity index (χ4n) is 3.23. The van der Waals surface area contributed by atoms with Crippen LogP contribution in [-0.2, 0) is 17.9 Å². The van der Waals surface area contributed by atoms with Crippen LogP contribution in [0.3, 0.4) is 0 Å². The number of benzene rings is 1. The minimum absolute atomic E-state index is 0.148. The molecule has 150 valence electrons. The molecule has 0 bridgehead atoms. The second-order valence-electron chi connectivity index (χ2n) is 6.77. The molecule has 0 saturated heterocycles. The number of carbonyl (C=O) groups excluding carboxylic acids is 1. The molecule has 5 rings (SSSR count). The van der Waals surface area contributed by atoms with Crippen LogP contribution in [0.15, 0.2) is 70.1 Å². The molecule has 4 aromatic rings. The van der Waals surface area contributed by atoms with E-state index in [-0.39, 0.29) is 18.0 Å². The second kappa shape index (κ2) is 7.92. The first-order valence-corrected chi connectivity index (χ1v) is 11.2. The number of aromatic nitrogens is 4.